The van der Waals surface area contributed by atoms with Gasteiger partial charge in [0, 0.05) is 38.3 Å². The summed E-state index contributed by atoms with van der Waals surface area (Å²) in [6.45, 7) is 5.59. The largest absolute Gasteiger partial charge is 0.361 e. The number of likely N-dealkylation sites (tertiary alicyclic amines) is 1. The molecule has 0 spiro atoms. The molecule has 1 unspecified atom stereocenters. The minimum atomic E-state index is -0.614. The van der Waals surface area contributed by atoms with Crippen molar-refractivity contribution < 1.29 is 9.32 Å². The summed E-state index contributed by atoms with van der Waals surface area (Å²) >= 11 is 0. The van der Waals surface area contributed by atoms with E-state index in [1.54, 1.807) is 6.92 Å². The summed E-state index contributed by atoms with van der Waals surface area (Å²) in [5.74, 6) is 0.972. The standard InChI is InChI=1S/C18H21N5O2/c1-12-20-17(25-22-12)18(21-13(2)24)7-9-23(11-18)10-15-5-3-4-14-6-8-19-16(14)15/h3-6,8,19H,7,9-11H2,1-2H3,(H,21,24). The summed E-state index contributed by atoms with van der Waals surface area (Å²) in [5.41, 5.74) is 1.78. The monoisotopic (exact) mass is 339 g/mol. The molecule has 0 aliphatic carbocycles. The zero-order chi connectivity index (χ0) is 17.4. The maximum absolute atomic E-state index is 11.8. The molecule has 1 aliphatic rings. The number of benzene rings is 1. The van der Waals surface area contributed by atoms with E-state index in [1.165, 1.54) is 17.9 Å². The number of rotatable bonds is 4. The Bertz CT molecular complexity index is 915. The minimum absolute atomic E-state index is 0.0934. The van der Waals surface area contributed by atoms with E-state index in [0.29, 0.717) is 18.3 Å². The molecule has 4 rings (SSSR count). The number of aryl methyl sites for hydroxylation is 1. The predicted octanol–water partition coefficient (Wildman–Crippen LogP) is 2.10. The molecule has 1 amide bonds. The van der Waals surface area contributed by atoms with Gasteiger partial charge in [-0.05, 0) is 30.4 Å². The van der Waals surface area contributed by atoms with Gasteiger partial charge in [0.25, 0.3) is 5.89 Å². The number of nitrogens with one attached hydrogen (secondary N) is 2. The summed E-state index contributed by atoms with van der Waals surface area (Å²) in [5, 5.41) is 8.15. The lowest BCUT2D eigenvalue weighted by Crippen LogP contribution is -2.47. The highest BCUT2D eigenvalue weighted by Crippen LogP contribution is 2.32. The van der Waals surface area contributed by atoms with Gasteiger partial charge in [0.15, 0.2) is 5.82 Å². The molecular weight excluding hydrogens is 318 g/mol. The molecule has 1 atom stereocenters. The molecular formula is C18H21N5O2. The van der Waals surface area contributed by atoms with Crippen molar-refractivity contribution in [1.82, 2.24) is 25.3 Å². The Labute approximate surface area is 145 Å². The summed E-state index contributed by atoms with van der Waals surface area (Å²) in [4.78, 5) is 21.8. The number of carbonyl (C=O) groups is 1. The Balaban J connectivity index is 1.59. The number of carbonyl (C=O) groups excluding carboxylic acids is 1. The highest BCUT2D eigenvalue weighted by molar-refractivity contribution is 5.82. The van der Waals surface area contributed by atoms with Gasteiger partial charge in [-0.25, -0.2) is 0 Å². The van der Waals surface area contributed by atoms with Crippen LogP contribution in [-0.2, 0) is 16.9 Å². The summed E-state index contributed by atoms with van der Waals surface area (Å²) in [6.07, 6.45) is 2.70. The van der Waals surface area contributed by atoms with Crippen LogP contribution in [0.4, 0.5) is 0 Å². The van der Waals surface area contributed by atoms with E-state index in [4.69, 9.17) is 4.52 Å². The molecule has 2 N–H and O–H groups in total. The second-order valence-electron chi connectivity index (χ2n) is 6.73. The van der Waals surface area contributed by atoms with Crippen LogP contribution in [0.3, 0.4) is 0 Å². The van der Waals surface area contributed by atoms with E-state index in [0.717, 1.165) is 25.0 Å². The molecule has 1 saturated heterocycles. The van der Waals surface area contributed by atoms with Crippen LogP contribution in [0.5, 0.6) is 0 Å². The van der Waals surface area contributed by atoms with Gasteiger partial charge in [0.2, 0.25) is 5.91 Å². The SMILES string of the molecule is CC(=O)NC1(c2nc(C)no2)CCN(Cc2cccc3cc[nH]c23)C1. The molecule has 0 saturated carbocycles. The van der Waals surface area contributed by atoms with Crippen LogP contribution in [-0.4, -0.2) is 39.0 Å². The lowest BCUT2D eigenvalue weighted by atomic mass is 9.98. The Morgan fingerprint density at radius 1 is 1.44 bits per heavy atom. The summed E-state index contributed by atoms with van der Waals surface area (Å²) in [6, 6.07) is 8.38. The lowest BCUT2D eigenvalue weighted by molar-refractivity contribution is -0.121. The molecule has 1 aromatic carbocycles. The Kier molecular flexibility index (Phi) is 3.80. The third kappa shape index (κ3) is 2.91. The maximum Gasteiger partial charge on any atom is 0.253 e. The van der Waals surface area contributed by atoms with Crippen molar-refractivity contribution in [2.75, 3.05) is 13.1 Å². The first-order valence-corrected chi connectivity index (χ1v) is 8.43. The molecule has 3 heterocycles. The highest BCUT2D eigenvalue weighted by atomic mass is 16.5. The fraction of sp³-hybridized carbons (Fsp3) is 0.389. The molecule has 0 radical (unpaired) electrons. The Morgan fingerprint density at radius 3 is 3.08 bits per heavy atom. The number of hydrogen-bond acceptors (Lipinski definition) is 5. The smallest absolute Gasteiger partial charge is 0.253 e. The van der Waals surface area contributed by atoms with Crippen molar-refractivity contribution >= 4 is 16.8 Å². The van der Waals surface area contributed by atoms with E-state index in [1.807, 2.05) is 6.20 Å². The molecule has 0 bridgehead atoms. The molecule has 3 aromatic rings. The number of nitrogens with zero attached hydrogens (tertiary/aromatic N) is 3. The van der Waals surface area contributed by atoms with Crippen molar-refractivity contribution in [2.24, 2.45) is 0 Å². The summed E-state index contributed by atoms with van der Waals surface area (Å²) < 4.78 is 5.40. The highest BCUT2D eigenvalue weighted by Gasteiger charge is 2.45. The molecule has 2 aromatic heterocycles. The van der Waals surface area contributed by atoms with Crippen LogP contribution in [0.1, 0.15) is 30.6 Å². The van der Waals surface area contributed by atoms with Gasteiger partial charge in [0.1, 0.15) is 5.54 Å². The van der Waals surface area contributed by atoms with Crippen LogP contribution in [0.15, 0.2) is 35.0 Å². The number of aromatic nitrogens is 3. The quantitative estimate of drug-likeness (QED) is 0.760. The Morgan fingerprint density at radius 2 is 2.32 bits per heavy atom. The van der Waals surface area contributed by atoms with Crippen molar-refractivity contribution in [3.63, 3.8) is 0 Å². The number of hydrogen-bond donors (Lipinski definition) is 2. The topological polar surface area (TPSA) is 87.1 Å². The average Bonchev–Trinajstić information content (AvgIpc) is 3.27. The average molecular weight is 339 g/mol. The maximum atomic E-state index is 11.8. The van der Waals surface area contributed by atoms with E-state index in [-0.39, 0.29) is 5.91 Å². The van der Waals surface area contributed by atoms with Crippen molar-refractivity contribution in [1.29, 1.82) is 0 Å². The van der Waals surface area contributed by atoms with Gasteiger partial charge in [-0.3, -0.25) is 9.69 Å². The van der Waals surface area contributed by atoms with E-state index in [9.17, 15) is 4.79 Å². The van der Waals surface area contributed by atoms with Gasteiger partial charge >= 0.3 is 0 Å². The molecule has 7 heteroatoms. The minimum Gasteiger partial charge on any atom is -0.361 e. The van der Waals surface area contributed by atoms with Crippen molar-refractivity contribution in [2.45, 2.75) is 32.4 Å². The van der Waals surface area contributed by atoms with Gasteiger partial charge < -0.3 is 14.8 Å². The predicted molar refractivity (Wildman–Crippen MR) is 92.7 cm³/mol. The number of aromatic amines is 1. The Hall–Kier alpha value is -2.67. The normalized spacial score (nSPS) is 21.0. The fourth-order valence-corrected chi connectivity index (χ4v) is 3.70. The molecule has 7 nitrogen and oxygen atoms in total. The van der Waals surface area contributed by atoms with Crippen molar-refractivity contribution in [3.8, 4) is 0 Å². The fourth-order valence-electron chi connectivity index (χ4n) is 3.70. The second kappa shape index (κ2) is 6.00. The number of H-pyrrole nitrogens is 1. The van der Waals surface area contributed by atoms with Gasteiger partial charge in [-0.1, -0.05) is 23.4 Å². The van der Waals surface area contributed by atoms with E-state index >= 15 is 0 Å². The van der Waals surface area contributed by atoms with Crippen LogP contribution in [0.25, 0.3) is 10.9 Å². The van der Waals surface area contributed by atoms with Crippen LogP contribution in [0.2, 0.25) is 0 Å². The summed E-state index contributed by atoms with van der Waals surface area (Å²) in [7, 11) is 0. The second-order valence-corrected chi connectivity index (χ2v) is 6.73. The third-order valence-electron chi connectivity index (χ3n) is 4.77. The first-order valence-electron chi connectivity index (χ1n) is 8.43. The molecule has 25 heavy (non-hydrogen) atoms. The zero-order valence-electron chi connectivity index (χ0n) is 14.4. The molecule has 1 aliphatic heterocycles. The number of para-hydroxylation sites is 1. The van der Waals surface area contributed by atoms with E-state index in [2.05, 4.69) is 49.6 Å². The third-order valence-corrected chi connectivity index (χ3v) is 4.77. The van der Waals surface area contributed by atoms with Gasteiger partial charge in [-0.2, -0.15) is 4.98 Å². The van der Waals surface area contributed by atoms with Crippen LogP contribution < -0.4 is 5.32 Å². The van der Waals surface area contributed by atoms with E-state index < -0.39 is 5.54 Å². The first kappa shape index (κ1) is 15.8. The molecule has 130 valence electrons. The van der Waals surface area contributed by atoms with Gasteiger partial charge in [-0.15, -0.1) is 0 Å². The first-order chi connectivity index (χ1) is 12.1. The van der Waals surface area contributed by atoms with Crippen LogP contribution in [0, 0.1) is 6.92 Å². The number of amides is 1. The zero-order valence-corrected chi connectivity index (χ0v) is 14.4. The van der Waals surface area contributed by atoms with Gasteiger partial charge in [0.05, 0.1) is 0 Å². The van der Waals surface area contributed by atoms with Crippen LogP contribution >= 0.6 is 0 Å². The molecule has 1 fully saturated rings. The van der Waals surface area contributed by atoms with Crippen molar-refractivity contribution in [3.05, 3.63) is 47.7 Å². The lowest BCUT2D eigenvalue weighted by Gasteiger charge is -2.26. The number of fused-ring (bicyclic) bond motifs is 1.